The van der Waals surface area contributed by atoms with Gasteiger partial charge in [0.25, 0.3) is 5.91 Å². The molecule has 0 aliphatic heterocycles. The second-order valence-electron chi connectivity index (χ2n) is 4.08. The van der Waals surface area contributed by atoms with Gasteiger partial charge in [0, 0.05) is 21.1 Å². The van der Waals surface area contributed by atoms with Crippen LogP contribution >= 0.6 is 38.9 Å². The van der Waals surface area contributed by atoms with Gasteiger partial charge >= 0.3 is 0 Å². The summed E-state index contributed by atoms with van der Waals surface area (Å²) in [6, 6.07) is 9.11. The summed E-state index contributed by atoms with van der Waals surface area (Å²) in [5.41, 5.74) is 1.33. The van der Waals surface area contributed by atoms with Crippen molar-refractivity contribution in [3.63, 3.8) is 0 Å². The molecule has 2 aromatic heterocycles. The number of benzene rings is 1. The fourth-order valence-corrected chi connectivity index (χ4v) is 3.56. The number of anilines is 1. The Kier molecular flexibility index (Phi) is 3.74. The number of amides is 1. The monoisotopic (exact) mass is 366 g/mol. The van der Waals surface area contributed by atoms with Gasteiger partial charge in [-0.25, -0.2) is 0 Å². The lowest BCUT2D eigenvalue weighted by Crippen LogP contribution is -2.11. The predicted molar refractivity (Wildman–Crippen MR) is 86.7 cm³/mol. The van der Waals surface area contributed by atoms with E-state index in [1.807, 2.05) is 29.6 Å². The summed E-state index contributed by atoms with van der Waals surface area (Å²) in [5.74, 6) is -0.180. The summed E-state index contributed by atoms with van der Waals surface area (Å²) in [4.78, 5) is 17.2. The van der Waals surface area contributed by atoms with Crippen LogP contribution in [0.25, 0.3) is 10.9 Å². The molecule has 0 atom stereocenters. The summed E-state index contributed by atoms with van der Waals surface area (Å²) in [6.07, 6.45) is 1.69. The van der Waals surface area contributed by atoms with Gasteiger partial charge < -0.3 is 5.32 Å². The van der Waals surface area contributed by atoms with E-state index in [-0.39, 0.29) is 5.91 Å². The highest BCUT2D eigenvalue weighted by Gasteiger charge is 2.14. The summed E-state index contributed by atoms with van der Waals surface area (Å²) in [7, 11) is 0. The molecule has 1 N–H and O–H groups in total. The number of nitrogens with one attached hydrogen (secondary N) is 1. The van der Waals surface area contributed by atoms with Crippen molar-refractivity contribution in [2.75, 3.05) is 5.32 Å². The molecule has 0 saturated carbocycles. The zero-order chi connectivity index (χ0) is 14.1. The molecule has 0 fully saturated rings. The van der Waals surface area contributed by atoms with Gasteiger partial charge in [0.2, 0.25) is 0 Å². The van der Waals surface area contributed by atoms with Crippen LogP contribution in [0.2, 0.25) is 5.02 Å². The molecule has 0 radical (unpaired) electrons. The molecule has 2 heterocycles. The van der Waals surface area contributed by atoms with Crippen molar-refractivity contribution in [2.45, 2.75) is 0 Å². The SMILES string of the molecule is O=C(Nc1cc(Cl)cc2cccnc12)c1sccc1Br. The Morgan fingerprint density at radius 3 is 2.95 bits per heavy atom. The molecule has 0 saturated heterocycles. The lowest BCUT2D eigenvalue weighted by molar-refractivity contribution is 0.103. The molecular formula is C14H8BrClN2OS. The Labute approximate surface area is 132 Å². The average molecular weight is 368 g/mol. The summed E-state index contributed by atoms with van der Waals surface area (Å²) in [6.45, 7) is 0. The Morgan fingerprint density at radius 2 is 2.20 bits per heavy atom. The van der Waals surface area contributed by atoms with Crippen molar-refractivity contribution in [1.82, 2.24) is 4.98 Å². The van der Waals surface area contributed by atoms with Crippen LogP contribution in [-0.2, 0) is 0 Å². The predicted octanol–water partition coefficient (Wildman–Crippen LogP) is 4.96. The van der Waals surface area contributed by atoms with E-state index in [9.17, 15) is 4.79 Å². The number of aromatic nitrogens is 1. The van der Waals surface area contributed by atoms with E-state index < -0.39 is 0 Å². The van der Waals surface area contributed by atoms with E-state index >= 15 is 0 Å². The minimum absolute atomic E-state index is 0.180. The number of hydrogen-bond acceptors (Lipinski definition) is 3. The number of fused-ring (bicyclic) bond motifs is 1. The van der Waals surface area contributed by atoms with E-state index in [1.165, 1.54) is 11.3 Å². The Balaban J connectivity index is 2.03. The summed E-state index contributed by atoms with van der Waals surface area (Å²) < 4.78 is 0.777. The van der Waals surface area contributed by atoms with Crippen LogP contribution < -0.4 is 5.32 Å². The van der Waals surface area contributed by atoms with Crippen LogP contribution in [0.15, 0.2) is 46.4 Å². The Hall–Kier alpha value is -1.43. The van der Waals surface area contributed by atoms with Gasteiger partial charge in [-0.3, -0.25) is 9.78 Å². The highest BCUT2D eigenvalue weighted by molar-refractivity contribution is 9.10. The highest BCUT2D eigenvalue weighted by atomic mass is 79.9. The van der Waals surface area contributed by atoms with Gasteiger partial charge in [0.15, 0.2) is 0 Å². The van der Waals surface area contributed by atoms with Gasteiger partial charge in [-0.2, -0.15) is 0 Å². The van der Waals surface area contributed by atoms with Crippen LogP contribution in [0.5, 0.6) is 0 Å². The molecule has 1 aromatic carbocycles. The first kappa shape index (κ1) is 13.5. The second-order valence-corrected chi connectivity index (χ2v) is 6.29. The maximum absolute atomic E-state index is 12.2. The molecule has 0 aliphatic rings. The maximum atomic E-state index is 12.2. The molecule has 3 aromatic rings. The first-order valence-electron chi connectivity index (χ1n) is 5.74. The van der Waals surface area contributed by atoms with Crippen LogP contribution in [0.1, 0.15) is 9.67 Å². The molecule has 3 nitrogen and oxygen atoms in total. The molecule has 0 aliphatic carbocycles. The molecule has 0 unspecified atom stereocenters. The Bertz CT molecular complexity index is 803. The zero-order valence-electron chi connectivity index (χ0n) is 10.1. The highest BCUT2D eigenvalue weighted by Crippen LogP contribution is 2.28. The molecule has 20 heavy (non-hydrogen) atoms. The van der Waals surface area contributed by atoms with E-state index in [4.69, 9.17) is 11.6 Å². The third-order valence-electron chi connectivity index (χ3n) is 2.74. The van der Waals surface area contributed by atoms with E-state index in [0.29, 0.717) is 15.6 Å². The van der Waals surface area contributed by atoms with Crippen LogP contribution in [0, 0.1) is 0 Å². The van der Waals surface area contributed by atoms with Crippen molar-refractivity contribution < 1.29 is 4.79 Å². The largest absolute Gasteiger partial charge is 0.319 e. The number of carbonyl (C=O) groups is 1. The molecular weight excluding hydrogens is 360 g/mol. The first-order chi connectivity index (χ1) is 9.65. The normalized spacial score (nSPS) is 10.7. The molecule has 0 spiro atoms. The minimum atomic E-state index is -0.180. The zero-order valence-corrected chi connectivity index (χ0v) is 13.2. The number of thiophene rings is 1. The number of carbonyl (C=O) groups excluding carboxylic acids is 1. The summed E-state index contributed by atoms with van der Waals surface area (Å²) >= 11 is 10.8. The van der Waals surface area contributed by atoms with Gasteiger partial charge in [0.05, 0.1) is 11.2 Å². The lowest BCUT2D eigenvalue weighted by Gasteiger charge is -2.08. The maximum Gasteiger partial charge on any atom is 0.266 e. The third kappa shape index (κ3) is 2.57. The van der Waals surface area contributed by atoms with E-state index in [1.54, 1.807) is 12.3 Å². The van der Waals surface area contributed by atoms with Gasteiger partial charge in [-0.05, 0) is 45.6 Å². The van der Waals surface area contributed by atoms with Crippen molar-refractivity contribution in [3.8, 4) is 0 Å². The fraction of sp³-hybridized carbons (Fsp3) is 0. The van der Waals surface area contributed by atoms with Gasteiger partial charge in [-0.15, -0.1) is 11.3 Å². The van der Waals surface area contributed by atoms with Gasteiger partial charge in [-0.1, -0.05) is 17.7 Å². The molecule has 100 valence electrons. The summed E-state index contributed by atoms with van der Waals surface area (Å²) in [5, 5.41) is 6.17. The fourth-order valence-electron chi connectivity index (χ4n) is 1.89. The first-order valence-corrected chi connectivity index (χ1v) is 7.79. The number of nitrogens with zero attached hydrogens (tertiary/aromatic N) is 1. The number of hydrogen-bond donors (Lipinski definition) is 1. The standard InChI is InChI=1S/C14H8BrClN2OS/c15-10-3-5-20-13(10)14(19)18-11-7-9(16)6-8-2-1-4-17-12(8)11/h1-7H,(H,18,19). The molecule has 3 rings (SSSR count). The molecule has 1 amide bonds. The molecule has 0 bridgehead atoms. The number of rotatable bonds is 2. The molecule has 6 heteroatoms. The van der Waals surface area contributed by atoms with Crippen LogP contribution in [-0.4, -0.2) is 10.9 Å². The smallest absolute Gasteiger partial charge is 0.266 e. The van der Waals surface area contributed by atoms with Crippen molar-refractivity contribution in [2.24, 2.45) is 0 Å². The lowest BCUT2D eigenvalue weighted by atomic mass is 10.2. The van der Waals surface area contributed by atoms with Crippen molar-refractivity contribution in [3.05, 3.63) is 56.3 Å². The van der Waals surface area contributed by atoms with Crippen molar-refractivity contribution in [1.29, 1.82) is 0 Å². The minimum Gasteiger partial charge on any atom is -0.319 e. The number of halogens is 2. The van der Waals surface area contributed by atoms with Crippen molar-refractivity contribution >= 4 is 61.4 Å². The third-order valence-corrected chi connectivity index (χ3v) is 4.80. The average Bonchev–Trinajstić information content (AvgIpc) is 2.85. The van der Waals surface area contributed by atoms with E-state index in [2.05, 4.69) is 26.2 Å². The number of pyridine rings is 1. The van der Waals surface area contributed by atoms with Crippen LogP contribution in [0.3, 0.4) is 0 Å². The quantitative estimate of drug-likeness (QED) is 0.695. The second kappa shape index (κ2) is 5.52. The van der Waals surface area contributed by atoms with Crippen LogP contribution in [0.4, 0.5) is 5.69 Å². The topological polar surface area (TPSA) is 42.0 Å². The Morgan fingerprint density at radius 1 is 1.35 bits per heavy atom. The van der Waals surface area contributed by atoms with E-state index in [0.717, 1.165) is 15.4 Å². The van der Waals surface area contributed by atoms with Gasteiger partial charge in [0.1, 0.15) is 4.88 Å².